The van der Waals surface area contributed by atoms with Crippen LogP contribution in [0.15, 0.2) is 18.2 Å². The van der Waals surface area contributed by atoms with Gasteiger partial charge in [0.05, 0.1) is 17.2 Å². The Labute approximate surface area is 134 Å². The molecule has 0 bridgehead atoms. The van der Waals surface area contributed by atoms with Gasteiger partial charge in [0.15, 0.2) is 6.61 Å². The molecular weight excluding hydrogens is 313 g/mol. The number of hydrogen-bond acceptors (Lipinski definition) is 3. The summed E-state index contributed by atoms with van der Waals surface area (Å²) in [6.07, 6.45) is 3.14. The Morgan fingerprint density at radius 2 is 2.10 bits per heavy atom. The summed E-state index contributed by atoms with van der Waals surface area (Å²) >= 11 is 11.9. The van der Waals surface area contributed by atoms with Crippen LogP contribution in [0.25, 0.3) is 0 Å². The highest BCUT2D eigenvalue weighted by Gasteiger charge is 2.29. The third-order valence-electron chi connectivity index (χ3n) is 3.83. The van der Waals surface area contributed by atoms with Crippen molar-refractivity contribution >= 4 is 29.1 Å². The fourth-order valence-corrected chi connectivity index (χ4v) is 2.89. The van der Waals surface area contributed by atoms with Crippen LogP contribution in [0.2, 0.25) is 10.0 Å². The normalized spacial score (nSPS) is 21.9. The van der Waals surface area contributed by atoms with Crippen molar-refractivity contribution < 1.29 is 14.6 Å². The number of ether oxygens (including phenoxy) is 1. The Bertz CT molecular complexity index is 510. The smallest absolute Gasteiger partial charge is 0.260 e. The van der Waals surface area contributed by atoms with Crippen molar-refractivity contribution in [2.45, 2.75) is 37.8 Å². The van der Waals surface area contributed by atoms with Crippen LogP contribution in [-0.2, 0) is 4.79 Å². The number of halogens is 2. The van der Waals surface area contributed by atoms with Gasteiger partial charge in [0.25, 0.3) is 5.91 Å². The Balaban J connectivity index is 1.93. The molecule has 1 aromatic carbocycles. The van der Waals surface area contributed by atoms with Crippen LogP contribution >= 0.6 is 23.2 Å². The Hall–Kier alpha value is -0.970. The molecule has 0 aliphatic heterocycles. The van der Waals surface area contributed by atoms with Crippen molar-refractivity contribution in [3.05, 3.63) is 28.2 Å². The molecule has 0 spiro atoms. The van der Waals surface area contributed by atoms with Gasteiger partial charge in [-0.2, -0.15) is 0 Å². The summed E-state index contributed by atoms with van der Waals surface area (Å²) < 4.78 is 5.44. The molecule has 4 nitrogen and oxygen atoms in total. The third kappa shape index (κ3) is 4.25. The second kappa shape index (κ2) is 7.34. The number of aliphatic hydroxyl groups is 1. The fourth-order valence-electron chi connectivity index (χ4n) is 2.56. The van der Waals surface area contributed by atoms with E-state index in [2.05, 4.69) is 0 Å². The number of carbonyl (C=O) groups excluding carboxylic acids is 1. The summed E-state index contributed by atoms with van der Waals surface area (Å²) in [6.45, 7) is -0.125. The van der Waals surface area contributed by atoms with Gasteiger partial charge in [-0.25, -0.2) is 0 Å². The number of likely N-dealkylation sites (N-methyl/N-ethyl adjacent to an activating group) is 1. The number of rotatable bonds is 4. The van der Waals surface area contributed by atoms with Crippen LogP contribution in [0, 0.1) is 0 Å². The quantitative estimate of drug-likeness (QED) is 0.922. The van der Waals surface area contributed by atoms with Crippen molar-refractivity contribution in [1.29, 1.82) is 0 Å². The molecule has 0 aromatic heterocycles. The molecule has 1 saturated carbocycles. The summed E-state index contributed by atoms with van der Waals surface area (Å²) in [4.78, 5) is 13.7. The molecule has 1 aromatic rings. The average molecular weight is 332 g/mol. The van der Waals surface area contributed by atoms with Gasteiger partial charge in [0, 0.05) is 18.1 Å². The van der Waals surface area contributed by atoms with Crippen molar-refractivity contribution in [3.8, 4) is 5.75 Å². The Kier molecular flexibility index (Phi) is 5.73. The summed E-state index contributed by atoms with van der Waals surface area (Å²) in [5.74, 6) is 0.201. The highest BCUT2D eigenvalue weighted by molar-refractivity contribution is 6.34. The lowest BCUT2D eigenvalue weighted by Gasteiger charge is -2.35. The second-order valence-electron chi connectivity index (χ2n) is 5.29. The maximum absolute atomic E-state index is 12.2. The molecule has 2 atom stereocenters. The number of benzene rings is 1. The van der Waals surface area contributed by atoms with E-state index >= 15 is 0 Å². The van der Waals surface area contributed by atoms with Gasteiger partial charge in [-0.1, -0.05) is 36.0 Å². The molecular formula is C15H19Cl2NO3. The van der Waals surface area contributed by atoms with E-state index in [1.165, 1.54) is 0 Å². The van der Waals surface area contributed by atoms with Gasteiger partial charge in [-0.05, 0) is 25.0 Å². The summed E-state index contributed by atoms with van der Waals surface area (Å²) in [5, 5.41) is 10.9. The number of amides is 1. The van der Waals surface area contributed by atoms with E-state index in [0.29, 0.717) is 15.8 Å². The van der Waals surface area contributed by atoms with Gasteiger partial charge in [-0.3, -0.25) is 4.79 Å². The van der Waals surface area contributed by atoms with Crippen molar-refractivity contribution in [2.24, 2.45) is 0 Å². The summed E-state index contributed by atoms with van der Waals surface area (Å²) in [7, 11) is 1.70. The topological polar surface area (TPSA) is 49.8 Å². The van der Waals surface area contributed by atoms with E-state index < -0.39 is 6.10 Å². The second-order valence-corrected chi connectivity index (χ2v) is 6.13. The first-order chi connectivity index (χ1) is 9.99. The van der Waals surface area contributed by atoms with Crippen LogP contribution in [-0.4, -0.2) is 41.7 Å². The number of hydrogen-bond donors (Lipinski definition) is 1. The molecule has 1 aliphatic rings. The van der Waals surface area contributed by atoms with E-state index in [9.17, 15) is 9.90 Å². The van der Waals surface area contributed by atoms with Crippen molar-refractivity contribution in [2.75, 3.05) is 13.7 Å². The van der Waals surface area contributed by atoms with Crippen LogP contribution in [0.3, 0.4) is 0 Å². The zero-order valence-electron chi connectivity index (χ0n) is 11.9. The van der Waals surface area contributed by atoms with Gasteiger partial charge in [-0.15, -0.1) is 0 Å². The summed E-state index contributed by atoms with van der Waals surface area (Å²) in [6, 6.07) is 4.72. The predicted octanol–water partition coefficient (Wildman–Crippen LogP) is 3.13. The zero-order chi connectivity index (χ0) is 15.4. The number of carbonyl (C=O) groups is 1. The standard InChI is InChI=1S/C15H19Cl2NO3/c1-18(12-4-2-3-5-13(12)19)15(20)9-21-14-8-10(16)6-7-11(14)17/h6-8,12-13,19H,2-5,9H2,1H3. The zero-order valence-corrected chi connectivity index (χ0v) is 13.4. The predicted molar refractivity (Wildman–Crippen MR) is 83.0 cm³/mol. The number of nitrogens with zero attached hydrogens (tertiary/aromatic N) is 1. The lowest BCUT2D eigenvalue weighted by molar-refractivity contribution is -0.137. The molecule has 1 amide bonds. The maximum Gasteiger partial charge on any atom is 0.260 e. The molecule has 116 valence electrons. The van der Waals surface area contributed by atoms with Crippen LogP contribution in [0.5, 0.6) is 5.75 Å². The molecule has 2 rings (SSSR count). The van der Waals surface area contributed by atoms with E-state index in [1.807, 2.05) is 0 Å². The van der Waals surface area contributed by atoms with Gasteiger partial charge >= 0.3 is 0 Å². The summed E-state index contributed by atoms with van der Waals surface area (Å²) in [5.41, 5.74) is 0. The molecule has 1 fully saturated rings. The third-order valence-corrected chi connectivity index (χ3v) is 4.38. The van der Waals surface area contributed by atoms with Gasteiger partial charge in [0.1, 0.15) is 5.75 Å². The molecule has 2 unspecified atom stereocenters. The van der Waals surface area contributed by atoms with E-state index in [1.54, 1.807) is 30.1 Å². The molecule has 0 saturated heterocycles. The first-order valence-electron chi connectivity index (χ1n) is 7.00. The largest absolute Gasteiger partial charge is 0.482 e. The molecule has 1 aliphatic carbocycles. The molecule has 1 N–H and O–H groups in total. The SMILES string of the molecule is CN(C(=O)COc1cc(Cl)ccc1Cl)C1CCCCC1O. The minimum Gasteiger partial charge on any atom is -0.482 e. The molecule has 0 heterocycles. The number of aliphatic hydroxyl groups excluding tert-OH is 1. The van der Waals surface area contributed by atoms with Crippen LogP contribution < -0.4 is 4.74 Å². The van der Waals surface area contributed by atoms with Gasteiger partial charge in [0.2, 0.25) is 0 Å². The van der Waals surface area contributed by atoms with Crippen LogP contribution in [0.4, 0.5) is 0 Å². The van der Waals surface area contributed by atoms with E-state index in [4.69, 9.17) is 27.9 Å². The minimum atomic E-state index is -0.456. The van der Waals surface area contributed by atoms with Gasteiger partial charge < -0.3 is 14.7 Å². The molecule has 21 heavy (non-hydrogen) atoms. The van der Waals surface area contributed by atoms with Crippen molar-refractivity contribution in [1.82, 2.24) is 4.90 Å². The first-order valence-corrected chi connectivity index (χ1v) is 7.76. The Morgan fingerprint density at radius 3 is 2.81 bits per heavy atom. The fraction of sp³-hybridized carbons (Fsp3) is 0.533. The highest BCUT2D eigenvalue weighted by Crippen LogP contribution is 2.28. The lowest BCUT2D eigenvalue weighted by Crippen LogP contribution is -2.47. The molecule has 6 heteroatoms. The monoisotopic (exact) mass is 331 g/mol. The van der Waals surface area contributed by atoms with Crippen LogP contribution in [0.1, 0.15) is 25.7 Å². The maximum atomic E-state index is 12.2. The highest BCUT2D eigenvalue weighted by atomic mass is 35.5. The van der Waals surface area contributed by atoms with E-state index in [0.717, 1.165) is 25.7 Å². The van der Waals surface area contributed by atoms with E-state index in [-0.39, 0.29) is 18.6 Å². The lowest BCUT2D eigenvalue weighted by atomic mass is 9.91. The Morgan fingerprint density at radius 1 is 1.38 bits per heavy atom. The molecule has 0 radical (unpaired) electrons. The first kappa shape index (κ1) is 16.4. The average Bonchev–Trinajstić information content (AvgIpc) is 2.47. The van der Waals surface area contributed by atoms with Crippen molar-refractivity contribution in [3.63, 3.8) is 0 Å². The minimum absolute atomic E-state index is 0.125.